The highest BCUT2D eigenvalue weighted by molar-refractivity contribution is 9.09. The van der Waals surface area contributed by atoms with Crippen LogP contribution in [0.25, 0.3) is 6.08 Å². The molecule has 0 fully saturated rings. The van der Waals surface area contributed by atoms with Gasteiger partial charge in [-0.15, -0.1) is 0 Å². The number of carbonyl (C=O) groups is 1. The predicted molar refractivity (Wildman–Crippen MR) is 85.6 cm³/mol. The van der Waals surface area contributed by atoms with Gasteiger partial charge >= 0.3 is 5.97 Å². The number of rotatable bonds is 8. The second-order valence-electron chi connectivity index (χ2n) is 4.14. The SMILES string of the molecule is COC(=O)C=Cc1cc(Cl)ccc1OCCCCCBr. The van der Waals surface area contributed by atoms with Crippen LogP contribution >= 0.6 is 27.5 Å². The Kier molecular flexibility index (Phi) is 8.38. The van der Waals surface area contributed by atoms with Gasteiger partial charge in [-0.1, -0.05) is 27.5 Å². The van der Waals surface area contributed by atoms with E-state index in [1.807, 2.05) is 6.07 Å². The van der Waals surface area contributed by atoms with E-state index in [2.05, 4.69) is 20.7 Å². The van der Waals surface area contributed by atoms with E-state index in [1.54, 1.807) is 18.2 Å². The highest BCUT2D eigenvalue weighted by Crippen LogP contribution is 2.24. The summed E-state index contributed by atoms with van der Waals surface area (Å²) in [6.45, 7) is 0.647. The van der Waals surface area contributed by atoms with E-state index in [1.165, 1.54) is 13.2 Å². The quantitative estimate of drug-likeness (QED) is 0.296. The first-order valence-corrected chi connectivity index (χ1v) is 7.91. The molecule has 0 saturated carbocycles. The average Bonchev–Trinajstić information content (AvgIpc) is 2.46. The maximum absolute atomic E-state index is 11.1. The van der Waals surface area contributed by atoms with Gasteiger partial charge in [-0.25, -0.2) is 4.79 Å². The molecule has 0 amide bonds. The summed E-state index contributed by atoms with van der Waals surface area (Å²) in [5, 5.41) is 1.61. The molecule has 3 nitrogen and oxygen atoms in total. The first-order valence-electron chi connectivity index (χ1n) is 6.41. The maximum Gasteiger partial charge on any atom is 0.330 e. The third-order valence-electron chi connectivity index (χ3n) is 2.61. The Hall–Kier alpha value is -1.000. The van der Waals surface area contributed by atoms with Gasteiger partial charge in [0.1, 0.15) is 5.75 Å². The fourth-order valence-corrected chi connectivity index (χ4v) is 2.14. The van der Waals surface area contributed by atoms with Crippen LogP contribution in [0.15, 0.2) is 24.3 Å². The Morgan fingerprint density at radius 2 is 2.15 bits per heavy atom. The molecule has 5 heteroatoms. The van der Waals surface area contributed by atoms with E-state index in [9.17, 15) is 4.79 Å². The summed E-state index contributed by atoms with van der Waals surface area (Å²) in [4.78, 5) is 11.1. The smallest absolute Gasteiger partial charge is 0.330 e. The normalized spacial score (nSPS) is 10.8. The Morgan fingerprint density at radius 3 is 2.85 bits per heavy atom. The number of benzene rings is 1. The van der Waals surface area contributed by atoms with Crippen molar-refractivity contribution in [2.45, 2.75) is 19.3 Å². The van der Waals surface area contributed by atoms with Crippen molar-refractivity contribution < 1.29 is 14.3 Å². The molecule has 0 aromatic heterocycles. The average molecular weight is 362 g/mol. The predicted octanol–water partition coefficient (Wildman–Crippen LogP) is 4.47. The molecule has 0 unspecified atom stereocenters. The number of carbonyl (C=O) groups excluding carboxylic acids is 1. The zero-order valence-corrected chi connectivity index (χ0v) is 13.7. The number of halogens is 2. The van der Waals surface area contributed by atoms with E-state index < -0.39 is 5.97 Å². The molecule has 110 valence electrons. The van der Waals surface area contributed by atoms with Gasteiger partial charge in [0.2, 0.25) is 0 Å². The lowest BCUT2D eigenvalue weighted by Gasteiger charge is -2.09. The van der Waals surface area contributed by atoms with Gasteiger partial charge in [-0.05, 0) is 43.5 Å². The van der Waals surface area contributed by atoms with Gasteiger partial charge < -0.3 is 9.47 Å². The highest BCUT2D eigenvalue weighted by Gasteiger charge is 2.03. The van der Waals surface area contributed by atoms with Crippen LogP contribution < -0.4 is 4.74 Å². The zero-order valence-electron chi connectivity index (χ0n) is 11.4. The van der Waals surface area contributed by atoms with Crippen LogP contribution in [0.1, 0.15) is 24.8 Å². The van der Waals surface area contributed by atoms with Crippen molar-refractivity contribution in [2.24, 2.45) is 0 Å². The summed E-state index contributed by atoms with van der Waals surface area (Å²) in [5.74, 6) is 0.307. The third-order valence-corrected chi connectivity index (χ3v) is 3.40. The standard InChI is InChI=1S/C15H18BrClO3/c1-19-15(18)8-5-12-11-13(17)6-7-14(12)20-10-4-2-3-9-16/h5-8,11H,2-4,9-10H2,1H3. The summed E-state index contributed by atoms with van der Waals surface area (Å²) in [5.41, 5.74) is 0.767. The second kappa shape index (κ2) is 9.83. The number of ether oxygens (including phenoxy) is 2. The molecule has 0 atom stereocenters. The summed E-state index contributed by atoms with van der Waals surface area (Å²) in [7, 11) is 1.34. The fourth-order valence-electron chi connectivity index (χ4n) is 1.56. The second-order valence-corrected chi connectivity index (χ2v) is 5.37. The van der Waals surface area contributed by atoms with E-state index in [0.29, 0.717) is 17.4 Å². The molecular weight excluding hydrogens is 344 g/mol. The van der Waals surface area contributed by atoms with Crippen LogP contribution in [0.2, 0.25) is 5.02 Å². The molecule has 20 heavy (non-hydrogen) atoms. The number of hydrogen-bond donors (Lipinski definition) is 0. The first-order chi connectivity index (χ1) is 9.67. The van der Waals surface area contributed by atoms with E-state index in [4.69, 9.17) is 16.3 Å². The van der Waals surface area contributed by atoms with E-state index in [-0.39, 0.29) is 0 Å². The molecule has 0 N–H and O–H groups in total. The van der Waals surface area contributed by atoms with Crippen LogP contribution in [0.3, 0.4) is 0 Å². The maximum atomic E-state index is 11.1. The minimum Gasteiger partial charge on any atom is -0.493 e. The summed E-state index contributed by atoms with van der Waals surface area (Å²) >= 11 is 9.36. The van der Waals surface area contributed by atoms with Gasteiger partial charge in [0.05, 0.1) is 13.7 Å². The van der Waals surface area contributed by atoms with E-state index in [0.717, 1.165) is 30.2 Å². The van der Waals surface area contributed by atoms with Gasteiger partial charge in [-0.2, -0.15) is 0 Å². The molecule has 0 saturated heterocycles. The van der Waals surface area contributed by atoms with Crippen molar-refractivity contribution in [3.8, 4) is 5.75 Å². The lowest BCUT2D eigenvalue weighted by molar-refractivity contribution is -0.134. The van der Waals surface area contributed by atoms with Crippen molar-refractivity contribution in [2.75, 3.05) is 19.0 Å². The molecular formula is C15H18BrClO3. The van der Waals surface area contributed by atoms with Crippen molar-refractivity contribution in [1.29, 1.82) is 0 Å². The molecule has 0 bridgehead atoms. The molecule has 0 aliphatic carbocycles. The number of esters is 1. The third kappa shape index (κ3) is 6.44. The Morgan fingerprint density at radius 1 is 1.35 bits per heavy atom. The monoisotopic (exact) mass is 360 g/mol. The number of hydrogen-bond acceptors (Lipinski definition) is 3. The highest BCUT2D eigenvalue weighted by atomic mass is 79.9. The van der Waals surface area contributed by atoms with Gasteiger partial charge in [0.15, 0.2) is 0 Å². The van der Waals surface area contributed by atoms with Crippen LogP contribution in [-0.4, -0.2) is 25.0 Å². The van der Waals surface area contributed by atoms with Crippen molar-refractivity contribution in [3.63, 3.8) is 0 Å². The van der Waals surface area contributed by atoms with Crippen molar-refractivity contribution in [3.05, 3.63) is 34.9 Å². The fraction of sp³-hybridized carbons (Fsp3) is 0.400. The minimum atomic E-state index is -0.409. The molecule has 0 aliphatic rings. The Balaban J connectivity index is 2.65. The largest absolute Gasteiger partial charge is 0.493 e. The van der Waals surface area contributed by atoms with Crippen LogP contribution in [0, 0.1) is 0 Å². The lowest BCUT2D eigenvalue weighted by Crippen LogP contribution is -1.99. The van der Waals surface area contributed by atoms with Crippen LogP contribution in [0.4, 0.5) is 0 Å². The molecule has 0 heterocycles. The summed E-state index contributed by atoms with van der Waals surface area (Å²) in [6, 6.07) is 5.34. The Labute approximate surface area is 133 Å². The van der Waals surface area contributed by atoms with Gasteiger partial charge in [0.25, 0.3) is 0 Å². The van der Waals surface area contributed by atoms with E-state index >= 15 is 0 Å². The molecule has 1 rings (SSSR count). The topological polar surface area (TPSA) is 35.5 Å². The molecule has 0 spiro atoms. The zero-order chi connectivity index (χ0) is 14.8. The van der Waals surface area contributed by atoms with Crippen LogP contribution in [-0.2, 0) is 9.53 Å². The summed E-state index contributed by atoms with van der Waals surface area (Å²) in [6.07, 6.45) is 6.24. The van der Waals surface area contributed by atoms with Gasteiger partial charge in [0, 0.05) is 22.0 Å². The minimum absolute atomic E-state index is 0.409. The van der Waals surface area contributed by atoms with Crippen molar-refractivity contribution >= 4 is 39.6 Å². The number of unbranched alkanes of at least 4 members (excludes halogenated alkanes) is 2. The first kappa shape index (κ1) is 17.1. The number of alkyl halides is 1. The molecule has 0 aliphatic heterocycles. The lowest BCUT2D eigenvalue weighted by atomic mass is 10.2. The molecule has 0 radical (unpaired) electrons. The molecule has 1 aromatic carbocycles. The van der Waals surface area contributed by atoms with Gasteiger partial charge in [-0.3, -0.25) is 0 Å². The Bertz CT molecular complexity index is 460. The summed E-state index contributed by atoms with van der Waals surface area (Å²) < 4.78 is 10.3. The van der Waals surface area contributed by atoms with Crippen molar-refractivity contribution in [1.82, 2.24) is 0 Å². The number of methoxy groups -OCH3 is 1. The van der Waals surface area contributed by atoms with Crippen LogP contribution in [0.5, 0.6) is 5.75 Å². The molecule has 1 aromatic rings.